The van der Waals surface area contributed by atoms with Crippen molar-refractivity contribution in [2.45, 2.75) is 25.5 Å². The normalized spacial score (nSPS) is 12.4. The van der Waals surface area contributed by atoms with Crippen LogP contribution in [0.15, 0.2) is 72.8 Å². The second-order valence-corrected chi connectivity index (χ2v) is 7.15. The van der Waals surface area contributed by atoms with Crippen molar-refractivity contribution in [1.82, 2.24) is 9.88 Å². The van der Waals surface area contributed by atoms with E-state index < -0.39 is 5.50 Å². The average Bonchev–Trinajstić information content (AvgIpc) is 3.05. The van der Waals surface area contributed by atoms with Crippen molar-refractivity contribution < 1.29 is 4.79 Å². The van der Waals surface area contributed by atoms with Crippen molar-refractivity contribution in [3.05, 3.63) is 78.4 Å². The summed E-state index contributed by atoms with van der Waals surface area (Å²) in [7, 11) is 0. The molecule has 5 heteroatoms. The third kappa shape index (κ3) is 3.61. The van der Waals surface area contributed by atoms with E-state index in [1.165, 1.54) is 10.9 Å². The number of halogens is 1. The molecule has 142 valence electrons. The lowest BCUT2D eigenvalue weighted by molar-refractivity contribution is -0.116. The van der Waals surface area contributed by atoms with Gasteiger partial charge in [0.1, 0.15) is 0 Å². The number of amides is 1. The number of fused-ring (bicyclic) bond motifs is 3. The zero-order valence-electron chi connectivity index (χ0n) is 15.7. The molecule has 0 fully saturated rings. The van der Waals surface area contributed by atoms with Gasteiger partial charge in [-0.15, -0.1) is 0 Å². The number of aryl methyl sites for hydroxylation is 1. The molecule has 0 spiro atoms. The largest absolute Gasteiger partial charge is 0.341 e. The first-order valence-corrected chi connectivity index (χ1v) is 9.84. The van der Waals surface area contributed by atoms with Gasteiger partial charge in [0.05, 0.1) is 0 Å². The Hall–Kier alpha value is -2.82. The van der Waals surface area contributed by atoms with Gasteiger partial charge in [-0.05, 0) is 36.8 Å². The van der Waals surface area contributed by atoms with E-state index in [1.807, 2.05) is 54.6 Å². The van der Waals surface area contributed by atoms with Crippen molar-refractivity contribution in [2.75, 3.05) is 5.32 Å². The Labute approximate surface area is 169 Å². The Morgan fingerprint density at radius 1 is 0.964 bits per heavy atom. The minimum Gasteiger partial charge on any atom is -0.341 e. The summed E-state index contributed by atoms with van der Waals surface area (Å²) in [5, 5.41) is 8.27. The van der Waals surface area contributed by atoms with Crippen molar-refractivity contribution in [3.8, 4) is 0 Å². The second-order valence-electron chi connectivity index (χ2n) is 6.71. The number of nitrogens with one attached hydrogen (secondary N) is 2. The maximum atomic E-state index is 12.5. The van der Waals surface area contributed by atoms with Gasteiger partial charge in [-0.25, -0.2) is 0 Å². The fourth-order valence-corrected chi connectivity index (χ4v) is 3.71. The number of hydrogen-bond donors (Lipinski definition) is 2. The van der Waals surface area contributed by atoms with E-state index in [2.05, 4.69) is 40.3 Å². The first kappa shape index (κ1) is 18.5. The van der Waals surface area contributed by atoms with Crippen LogP contribution in [-0.4, -0.2) is 16.0 Å². The molecule has 0 aliphatic carbocycles. The van der Waals surface area contributed by atoms with E-state index in [-0.39, 0.29) is 5.91 Å². The van der Waals surface area contributed by atoms with Gasteiger partial charge in [0.15, 0.2) is 5.50 Å². The SMILES string of the molecule is CCn1c2ccccc2c2cc(NC(=O)C(Cl)NCc3ccccc3)ccc21. The van der Waals surface area contributed by atoms with Crippen molar-refractivity contribution >= 4 is 45.0 Å². The molecule has 1 aromatic heterocycles. The molecular formula is C23H22ClN3O. The molecule has 2 N–H and O–H groups in total. The van der Waals surface area contributed by atoms with Gasteiger partial charge in [-0.2, -0.15) is 0 Å². The molecule has 3 aromatic carbocycles. The molecule has 4 nitrogen and oxygen atoms in total. The fourth-order valence-electron chi connectivity index (χ4n) is 3.57. The van der Waals surface area contributed by atoms with Crippen LogP contribution < -0.4 is 10.6 Å². The first-order chi connectivity index (χ1) is 13.7. The fraction of sp³-hybridized carbons (Fsp3) is 0.174. The molecule has 0 aliphatic rings. The minimum atomic E-state index is -0.812. The van der Waals surface area contributed by atoms with Gasteiger partial charge in [0.2, 0.25) is 0 Å². The molecule has 1 amide bonds. The molecule has 0 radical (unpaired) electrons. The van der Waals surface area contributed by atoms with Crippen LogP contribution >= 0.6 is 11.6 Å². The predicted molar refractivity (Wildman–Crippen MR) is 117 cm³/mol. The summed E-state index contributed by atoms with van der Waals surface area (Å²) in [4.78, 5) is 12.5. The lowest BCUT2D eigenvalue weighted by Crippen LogP contribution is -2.35. The van der Waals surface area contributed by atoms with Gasteiger partial charge in [0.25, 0.3) is 5.91 Å². The second kappa shape index (κ2) is 8.05. The Morgan fingerprint density at radius 3 is 2.46 bits per heavy atom. The molecular weight excluding hydrogens is 370 g/mol. The maximum Gasteiger partial charge on any atom is 0.256 e. The number of nitrogens with zero attached hydrogens (tertiary/aromatic N) is 1. The summed E-state index contributed by atoms with van der Waals surface area (Å²) in [5.74, 6) is -0.267. The van der Waals surface area contributed by atoms with Crippen LogP contribution in [0, 0.1) is 0 Å². The number of para-hydroxylation sites is 1. The van der Waals surface area contributed by atoms with Crippen LogP contribution in [-0.2, 0) is 17.9 Å². The lowest BCUT2D eigenvalue weighted by atomic mass is 10.1. The summed E-state index contributed by atoms with van der Waals surface area (Å²) in [6.45, 7) is 3.56. The summed E-state index contributed by atoms with van der Waals surface area (Å²) < 4.78 is 2.28. The average molecular weight is 392 g/mol. The van der Waals surface area contributed by atoms with E-state index in [9.17, 15) is 4.79 Å². The van der Waals surface area contributed by atoms with Crippen LogP contribution in [0.4, 0.5) is 5.69 Å². The van der Waals surface area contributed by atoms with Gasteiger partial charge in [0, 0.05) is 40.6 Å². The number of benzene rings is 3. The highest BCUT2D eigenvalue weighted by Gasteiger charge is 2.16. The Morgan fingerprint density at radius 2 is 1.68 bits per heavy atom. The molecule has 28 heavy (non-hydrogen) atoms. The third-order valence-corrected chi connectivity index (χ3v) is 5.27. The van der Waals surface area contributed by atoms with E-state index in [0.29, 0.717) is 6.54 Å². The van der Waals surface area contributed by atoms with Crippen molar-refractivity contribution in [1.29, 1.82) is 0 Å². The number of carbonyl (C=O) groups excluding carboxylic acids is 1. The molecule has 0 saturated carbocycles. The highest BCUT2D eigenvalue weighted by Crippen LogP contribution is 2.31. The molecule has 4 rings (SSSR count). The summed E-state index contributed by atoms with van der Waals surface area (Å²) in [6, 6.07) is 24.2. The number of alkyl halides is 1. The van der Waals surface area contributed by atoms with Crippen LogP contribution in [0.1, 0.15) is 12.5 Å². The van der Waals surface area contributed by atoms with E-state index in [0.717, 1.165) is 28.7 Å². The predicted octanol–water partition coefficient (Wildman–Crippen LogP) is 5.11. The van der Waals surface area contributed by atoms with E-state index in [4.69, 9.17) is 11.6 Å². The number of aromatic nitrogens is 1. The monoisotopic (exact) mass is 391 g/mol. The molecule has 0 aliphatic heterocycles. The summed E-state index contributed by atoms with van der Waals surface area (Å²) in [5.41, 5.74) is 3.36. The van der Waals surface area contributed by atoms with Gasteiger partial charge in [-0.1, -0.05) is 60.1 Å². The number of hydrogen-bond acceptors (Lipinski definition) is 2. The van der Waals surface area contributed by atoms with Crippen LogP contribution in [0.25, 0.3) is 21.8 Å². The van der Waals surface area contributed by atoms with E-state index in [1.54, 1.807) is 0 Å². The third-order valence-electron chi connectivity index (χ3n) is 4.91. The Bertz CT molecular complexity index is 1120. The number of carbonyl (C=O) groups is 1. The van der Waals surface area contributed by atoms with Crippen LogP contribution in [0.2, 0.25) is 0 Å². The van der Waals surface area contributed by atoms with Crippen LogP contribution in [0.3, 0.4) is 0 Å². The topological polar surface area (TPSA) is 46.1 Å². The van der Waals surface area contributed by atoms with Crippen molar-refractivity contribution in [3.63, 3.8) is 0 Å². The zero-order valence-corrected chi connectivity index (χ0v) is 16.4. The maximum absolute atomic E-state index is 12.5. The highest BCUT2D eigenvalue weighted by molar-refractivity contribution is 6.32. The molecule has 0 bridgehead atoms. The molecule has 1 atom stereocenters. The summed E-state index contributed by atoms with van der Waals surface area (Å²) in [6.07, 6.45) is 0. The zero-order chi connectivity index (χ0) is 19.5. The van der Waals surface area contributed by atoms with Gasteiger partial charge < -0.3 is 9.88 Å². The lowest BCUT2D eigenvalue weighted by Gasteiger charge is -2.13. The Balaban J connectivity index is 1.53. The minimum absolute atomic E-state index is 0.267. The molecule has 4 aromatic rings. The smallest absolute Gasteiger partial charge is 0.256 e. The highest BCUT2D eigenvalue weighted by atomic mass is 35.5. The molecule has 1 heterocycles. The van der Waals surface area contributed by atoms with Crippen molar-refractivity contribution in [2.24, 2.45) is 0 Å². The molecule has 1 unspecified atom stereocenters. The van der Waals surface area contributed by atoms with Gasteiger partial charge in [-0.3, -0.25) is 10.1 Å². The van der Waals surface area contributed by atoms with Crippen LogP contribution in [0.5, 0.6) is 0 Å². The van der Waals surface area contributed by atoms with E-state index >= 15 is 0 Å². The quantitative estimate of drug-likeness (QED) is 0.354. The number of rotatable bonds is 6. The number of anilines is 1. The first-order valence-electron chi connectivity index (χ1n) is 9.40. The summed E-state index contributed by atoms with van der Waals surface area (Å²) >= 11 is 6.24. The standard InChI is InChI=1S/C23H22ClN3O/c1-2-27-20-11-7-6-10-18(20)19-14-17(12-13-21(19)27)26-23(28)22(24)25-15-16-8-4-3-5-9-16/h3-14,22,25H,2,15H2,1H3,(H,26,28). The molecule has 0 saturated heterocycles. The Kier molecular flexibility index (Phi) is 5.33. The van der Waals surface area contributed by atoms with Gasteiger partial charge >= 0.3 is 0 Å².